The van der Waals surface area contributed by atoms with Crippen molar-refractivity contribution in [2.75, 3.05) is 28.2 Å². The topological polar surface area (TPSA) is 6.48 Å². The molecule has 0 unspecified atom stereocenters. The molecule has 0 amide bonds. The van der Waals surface area contributed by atoms with Crippen LogP contribution in [0.1, 0.15) is 0 Å². The van der Waals surface area contributed by atoms with E-state index in [9.17, 15) is 0 Å². The molecule has 12 heavy (non-hydrogen) atoms. The number of rotatable bonds is 2. The summed E-state index contributed by atoms with van der Waals surface area (Å²) in [6.07, 6.45) is 0. The zero-order valence-electron chi connectivity index (χ0n) is 7.46. The molecule has 8 heteroatoms. The zero-order chi connectivity index (χ0) is 9.57. The summed E-state index contributed by atoms with van der Waals surface area (Å²) in [6, 6.07) is 0. The van der Waals surface area contributed by atoms with Crippen LogP contribution in [0.25, 0.3) is 0 Å². The van der Waals surface area contributed by atoms with Crippen LogP contribution in [0.4, 0.5) is 0 Å². The molecular weight excluding hydrogens is 266 g/mol. The highest BCUT2D eigenvalue weighted by molar-refractivity contribution is 9.52. The van der Waals surface area contributed by atoms with Gasteiger partial charge in [0.1, 0.15) is 22.0 Å². The van der Waals surface area contributed by atoms with Crippen molar-refractivity contribution in [3.8, 4) is 0 Å². The molecule has 0 aromatic heterocycles. The highest BCUT2D eigenvalue weighted by Crippen LogP contribution is 3.13. The molecule has 1 rings (SSSR count). The van der Waals surface area contributed by atoms with Gasteiger partial charge in [0.15, 0.2) is 0 Å². The maximum Gasteiger partial charge on any atom is 0.272 e. The zero-order valence-corrected chi connectivity index (χ0v) is 12.6. The van der Waals surface area contributed by atoms with Gasteiger partial charge in [-0.25, -0.2) is 0 Å². The molecule has 1 fully saturated rings. The summed E-state index contributed by atoms with van der Waals surface area (Å²) in [5, 5.41) is -1.23. The van der Waals surface area contributed by atoms with Crippen LogP contribution in [0, 0.1) is 0 Å². The van der Waals surface area contributed by atoms with E-state index in [0.717, 1.165) is 0 Å². The Bertz CT molecular complexity index is 221. The number of nitrogens with zero attached hydrogens (tertiary/aromatic N) is 2. The minimum Gasteiger partial charge on any atom is -0.260 e. The predicted molar refractivity (Wildman–Crippen MR) is 72.7 cm³/mol. The summed E-state index contributed by atoms with van der Waals surface area (Å²) in [7, 11) is 8.28. The molecule has 1 saturated heterocycles. The second-order valence-corrected chi connectivity index (χ2v) is 24.6. The molecular formula is C4H13N2P2S4+. The lowest BCUT2D eigenvalue weighted by Crippen LogP contribution is -2.14. The predicted octanol–water partition coefficient (Wildman–Crippen LogP) is 3.42. The van der Waals surface area contributed by atoms with E-state index >= 15 is 0 Å². The third-order valence-electron chi connectivity index (χ3n) is 1.41. The second kappa shape index (κ2) is 3.90. The fraction of sp³-hybridized carbons (Fsp3) is 1.00. The Morgan fingerprint density at radius 3 is 1.92 bits per heavy atom. The Hall–Kier alpha value is 2.05. The first-order valence-electron chi connectivity index (χ1n) is 3.30. The van der Waals surface area contributed by atoms with E-state index in [1.165, 1.54) is 0 Å². The molecule has 1 aliphatic rings. The Kier molecular flexibility index (Phi) is 3.94. The van der Waals surface area contributed by atoms with Crippen LogP contribution in [0.5, 0.6) is 0 Å². The summed E-state index contributed by atoms with van der Waals surface area (Å²) in [6.45, 7) is 0. The maximum absolute atomic E-state index is 5.54. The van der Waals surface area contributed by atoms with Gasteiger partial charge < -0.3 is 0 Å². The van der Waals surface area contributed by atoms with Crippen LogP contribution in [-0.2, 0) is 11.8 Å². The Morgan fingerprint density at radius 2 is 1.67 bits per heavy atom. The van der Waals surface area contributed by atoms with E-state index < -0.39 is 9.61 Å². The lowest BCUT2D eigenvalue weighted by atomic mass is 11.3. The van der Waals surface area contributed by atoms with Crippen molar-refractivity contribution in [1.29, 1.82) is 0 Å². The Balaban J connectivity index is 2.63. The number of hydrogen-bond donors (Lipinski definition) is 1. The van der Waals surface area contributed by atoms with Gasteiger partial charge in [-0.05, 0) is 25.9 Å². The van der Waals surface area contributed by atoms with Crippen molar-refractivity contribution in [2.24, 2.45) is 0 Å². The SMILES string of the molecule is CN(C)P1(=S)S[P+](S)(N(C)C)S1. The minimum absolute atomic E-state index is 1.23. The van der Waals surface area contributed by atoms with Crippen LogP contribution >= 0.6 is 43.9 Å². The fourth-order valence-electron chi connectivity index (χ4n) is 0.567. The molecule has 0 aliphatic carbocycles. The molecule has 1 heterocycles. The molecule has 72 valence electrons. The molecule has 1 aliphatic heterocycles. The van der Waals surface area contributed by atoms with Crippen molar-refractivity contribution >= 4 is 55.7 Å². The van der Waals surface area contributed by atoms with Crippen LogP contribution in [0.2, 0.25) is 0 Å². The smallest absolute Gasteiger partial charge is 0.260 e. The Morgan fingerprint density at radius 1 is 1.25 bits per heavy atom. The molecule has 0 N–H and O–H groups in total. The van der Waals surface area contributed by atoms with E-state index in [2.05, 4.69) is 49.8 Å². The van der Waals surface area contributed by atoms with Crippen LogP contribution in [0.3, 0.4) is 0 Å². The normalized spacial score (nSPS) is 41.9. The first-order valence-corrected chi connectivity index (χ1v) is 13.0. The second-order valence-electron chi connectivity index (χ2n) is 2.82. The van der Waals surface area contributed by atoms with Gasteiger partial charge in [0.25, 0.3) is 5.02 Å². The minimum atomic E-state index is -1.31. The van der Waals surface area contributed by atoms with Crippen molar-refractivity contribution in [3.05, 3.63) is 0 Å². The van der Waals surface area contributed by atoms with E-state index in [1.807, 2.05) is 22.0 Å². The van der Waals surface area contributed by atoms with E-state index in [4.69, 9.17) is 11.8 Å². The monoisotopic (exact) mass is 279 g/mol. The highest BCUT2D eigenvalue weighted by Gasteiger charge is 2.63. The third kappa shape index (κ3) is 2.17. The van der Waals surface area contributed by atoms with Crippen molar-refractivity contribution in [1.82, 2.24) is 9.34 Å². The largest absolute Gasteiger partial charge is 0.272 e. The van der Waals surface area contributed by atoms with Gasteiger partial charge in [-0.1, -0.05) is 0 Å². The number of thiol groups is 1. The lowest BCUT2D eigenvalue weighted by Gasteiger charge is -2.39. The van der Waals surface area contributed by atoms with Gasteiger partial charge in [-0.2, -0.15) is 4.67 Å². The van der Waals surface area contributed by atoms with Crippen molar-refractivity contribution in [3.63, 3.8) is 0 Å². The first-order chi connectivity index (χ1) is 5.30. The van der Waals surface area contributed by atoms with E-state index in [1.54, 1.807) is 0 Å². The van der Waals surface area contributed by atoms with Crippen LogP contribution in [-0.4, -0.2) is 37.5 Å². The maximum atomic E-state index is 5.54. The van der Waals surface area contributed by atoms with Crippen LogP contribution < -0.4 is 0 Å². The highest BCUT2D eigenvalue weighted by atomic mass is 33.8. The quantitative estimate of drug-likeness (QED) is 0.609. The molecule has 0 aromatic carbocycles. The van der Waals surface area contributed by atoms with Crippen LogP contribution in [0.15, 0.2) is 0 Å². The molecule has 2 nitrogen and oxygen atoms in total. The van der Waals surface area contributed by atoms with E-state index in [-0.39, 0.29) is 0 Å². The van der Waals surface area contributed by atoms with Gasteiger partial charge in [0, 0.05) is 26.3 Å². The van der Waals surface area contributed by atoms with E-state index in [0.29, 0.717) is 0 Å². The molecule has 0 atom stereocenters. The summed E-state index contributed by atoms with van der Waals surface area (Å²) >= 11 is 14.0. The summed E-state index contributed by atoms with van der Waals surface area (Å²) in [5.74, 6) is 0. The molecule has 0 aromatic rings. The Labute approximate surface area is 92.8 Å². The fourth-order valence-corrected chi connectivity index (χ4v) is 42.5. The lowest BCUT2D eigenvalue weighted by molar-refractivity contribution is 0.690. The average Bonchev–Trinajstić information content (AvgIpc) is 1.83. The molecule has 0 spiro atoms. The molecule has 0 bridgehead atoms. The molecule has 0 saturated carbocycles. The molecule has 0 radical (unpaired) electrons. The van der Waals surface area contributed by atoms with Gasteiger partial charge in [0.2, 0.25) is 4.59 Å². The number of hydrogen-bond acceptors (Lipinski definition) is 5. The summed E-state index contributed by atoms with van der Waals surface area (Å²) < 4.78 is 3.08. The third-order valence-corrected chi connectivity index (χ3v) is 35.0. The van der Waals surface area contributed by atoms with Gasteiger partial charge >= 0.3 is 0 Å². The average molecular weight is 279 g/mol. The standard InChI is InChI=1S/C4H13N2P2S4/c1-5(2)7(9)11-8(10,12-7)6(3)4/h9H,1-4H3/q+1. The van der Waals surface area contributed by atoms with Gasteiger partial charge in [-0.15, -0.1) is 0 Å². The summed E-state index contributed by atoms with van der Waals surface area (Å²) in [5.41, 5.74) is 0. The summed E-state index contributed by atoms with van der Waals surface area (Å²) in [4.78, 5) is 0. The van der Waals surface area contributed by atoms with Crippen molar-refractivity contribution < 1.29 is 0 Å². The van der Waals surface area contributed by atoms with Crippen molar-refractivity contribution in [2.45, 2.75) is 0 Å². The van der Waals surface area contributed by atoms with Gasteiger partial charge in [-0.3, -0.25) is 4.67 Å². The first kappa shape index (κ1) is 12.1. The van der Waals surface area contributed by atoms with Gasteiger partial charge in [0.05, 0.1) is 0 Å².